The number of aromatic hydroxyl groups is 1. The van der Waals surface area contributed by atoms with Gasteiger partial charge in [-0.3, -0.25) is 4.79 Å². The zero-order chi connectivity index (χ0) is 17.1. The van der Waals surface area contributed by atoms with Gasteiger partial charge in [0.1, 0.15) is 0 Å². The predicted molar refractivity (Wildman–Crippen MR) is 90.0 cm³/mol. The maximum atomic E-state index is 11.7. The van der Waals surface area contributed by atoms with Crippen molar-refractivity contribution in [1.29, 1.82) is 0 Å². The summed E-state index contributed by atoms with van der Waals surface area (Å²) in [6, 6.07) is 11.1. The number of rotatable bonds is 5. The number of aryl methyl sites for hydroxylation is 1. The van der Waals surface area contributed by atoms with Gasteiger partial charge in [0.2, 0.25) is 5.43 Å². The second-order valence-electron chi connectivity index (χ2n) is 5.60. The Morgan fingerprint density at radius 1 is 1.21 bits per heavy atom. The van der Waals surface area contributed by atoms with E-state index in [9.17, 15) is 9.90 Å². The van der Waals surface area contributed by atoms with Gasteiger partial charge in [0.05, 0.1) is 23.3 Å². The monoisotopic (exact) mass is 325 g/mol. The first kappa shape index (κ1) is 15.9. The van der Waals surface area contributed by atoms with Gasteiger partial charge in [-0.1, -0.05) is 23.4 Å². The molecular weight excluding hydrogens is 306 g/mol. The highest BCUT2D eigenvalue weighted by Gasteiger charge is 2.10. The van der Waals surface area contributed by atoms with E-state index in [4.69, 9.17) is 0 Å². The summed E-state index contributed by atoms with van der Waals surface area (Å²) in [6.07, 6.45) is 1.84. The van der Waals surface area contributed by atoms with Crippen LogP contribution in [0.2, 0.25) is 0 Å². The molecule has 124 valence electrons. The summed E-state index contributed by atoms with van der Waals surface area (Å²) < 4.78 is 3.50. The first-order chi connectivity index (χ1) is 11.6. The molecule has 0 aliphatic heterocycles. The number of hydrogen-bond donors (Lipinski definition) is 2. The molecule has 0 spiro atoms. The van der Waals surface area contributed by atoms with Gasteiger partial charge in [-0.15, -0.1) is 5.10 Å². The average Bonchev–Trinajstić information content (AvgIpc) is 3.06. The van der Waals surface area contributed by atoms with E-state index in [1.165, 1.54) is 6.07 Å². The highest BCUT2D eigenvalue weighted by molar-refractivity contribution is 5.30. The standard InChI is InChI=1S/C17H19N5O2/c1-12-8-16(23)17(24)15(21(12)2)10-18-9-13-11-22(20-19-13)14-6-4-3-5-7-14/h3-8,11,18,24H,9-10H2,1-2H3. The van der Waals surface area contributed by atoms with Crippen LogP contribution in [0.5, 0.6) is 5.75 Å². The summed E-state index contributed by atoms with van der Waals surface area (Å²) in [5.41, 5.74) is 2.70. The van der Waals surface area contributed by atoms with Crippen LogP contribution >= 0.6 is 0 Å². The molecule has 3 rings (SSSR count). The maximum Gasteiger partial charge on any atom is 0.223 e. The summed E-state index contributed by atoms with van der Waals surface area (Å²) in [5, 5.41) is 21.4. The Hall–Kier alpha value is -2.93. The second kappa shape index (κ2) is 6.67. The lowest BCUT2D eigenvalue weighted by Crippen LogP contribution is -2.20. The first-order valence-corrected chi connectivity index (χ1v) is 7.62. The summed E-state index contributed by atoms with van der Waals surface area (Å²) >= 11 is 0. The molecule has 7 heteroatoms. The molecule has 24 heavy (non-hydrogen) atoms. The number of nitrogens with zero attached hydrogens (tertiary/aromatic N) is 4. The minimum absolute atomic E-state index is 0.219. The van der Waals surface area contributed by atoms with Crippen LogP contribution in [-0.4, -0.2) is 24.7 Å². The Bertz CT molecular complexity index is 899. The molecule has 3 aromatic rings. The Balaban J connectivity index is 1.68. The van der Waals surface area contributed by atoms with Gasteiger partial charge in [-0.05, 0) is 19.1 Å². The van der Waals surface area contributed by atoms with Gasteiger partial charge in [-0.25, -0.2) is 4.68 Å². The fourth-order valence-corrected chi connectivity index (χ4v) is 2.47. The molecule has 0 fully saturated rings. The van der Waals surface area contributed by atoms with Crippen molar-refractivity contribution in [1.82, 2.24) is 24.9 Å². The normalized spacial score (nSPS) is 10.9. The van der Waals surface area contributed by atoms with Crippen LogP contribution in [0.1, 0.15) is 17.1 Å². The van der Waals surface area contributed by atoms with Crippen molar-refractivity contribution in [2.75, 3.05) is 0 Å². The van der Waals surface area contributed by atoms with Gasteiger partial charge < -0.3 is 15.0 Å². The molecule has 0 amide bonds. The molecule has 0 saturated heterocycles. The molecule has 0 atom stereocenters. The van der Waals surface area contributed by atoms with Crippen molar-refractivity contribution < 1.29 is 5.11 Å². The van der Waals surface area contributed by atoms with Crippen LogP contribution in [-0.2, 0) is 20.1 Å². The predicted octanol–water partition coefficient (Wildman–Crippen LogP) is 1.27. The number of benzene rings is 1. The van der Waals surface area contributed by atoms with E-state index in [2.05, 4.69) is 15.6 Å². The lowest BCUT2D eigenvalue weighted by atomic mass is 10.2. The number of para-hydroxylation sites is 1. The van der Waals surface area contributed by atoms with E-state index < -0.39 is 0 Å². The topological polar surface area (TPSA) is 85.0 Å². The Morgan fingerprint density at radius 3 is 2.71 bits per heavy atom. The zero-order valence-corrected chi connectivity index (χ0v) is 13.6. The molecule has 0 aliphatic rings. The highest BCUT2D eigenvalue weighted by Crippen LogP contribution is 2.12. The molecule has 0 saturated carbocycles. The Morgan fingerprint density at radius 2 is 1.96 bits per heavy atom. The average molecular weight is 325 g/mol. The van der Waals surface area contributed by atoms with Gasteiger partial charge in [0, 0.05) is 31.9 Å². The van der Waals surface area contributed by atoms with Crippen molar-refractivity contribution in [3.8, 4) is 11.4 Å². The van der Waals surface area contributed by atoms with Gasteiger partial charge in [0.25, 0.3) is 0 Å². The van der Waals surface area contributed by atoms with Crippen molar-refractivity contribution in [3.63, 3.8) is 0 Å². The van der Waals surface area contributed by atoms with E-state index in [0.717, 1.165) is 17.1 Å². The van der Waals surface area contributed by atoms with E-state index in [1.54, 1.807) is 9.25 Å². The van der Waals surface area contributed by atoms with Crippen molar-refractivity contribution >= 4 is 0 Å². The van der Waals surface area contributed by atoms with Crippen molar-refractivity contribution in [2.45, 2.75) is 20.0 Å². The quantitative estimate of drug-likeness (QED) is 0.738. The summed E-state index contributed by atoms with van der Waals surface area (Å²) in [4.78, 5) is 11.7. The number of pyridine rings is 1. The minimum Gasteiger partial charge on any atom is -0.503 e. The smallest absolute Gasteiger partial charge is 0.223 e. The molecule has 1 aromatic carbocycles. The summed E-state index contributed by atoms with van der Waals surface area (Å²) in [7, 11) is 1.82. The molecule has 0 unspecified atom stereocenters. The van der Waals surface area contributed by atoms with Crippen LogP contribution < -0.4 is 10.7 Å². The third kappa shape index (κ3) is 3.21. The number of aromatic nitrogens is 4. The zero-order valence-electron chi connectivity index (χ0n) is 13.6. The van der Waals surface area contributed by atoms with Crippen LogP contribution in [0, 0.1) is 6.92 Å². The first-order valence-electron chi connectivity index (χ1n) is 7.62. The van der Waals surface area contributed by atoms with Crippen LogP contribution in [0.3, 0.4) is 0 Å². The van der Waals surface area contributed by atoms with Crippen LogP contribution in [0.4, 0.5) is 0 Å². The molecule has 2 heterocycles. The lowest BCUT2D eigenvalue weighted by molar-refractivity contribution is 0.445. The summed E-state index contributed by atoms with van der Waals surface area (Å²) in [6.45, 7) is 2.67. The largest absolute Gasteiger partial charge is 0.503 e. The van der Waals surface area contributed by atoms with E-state index in [-0.39, 0.29) is 11.2 Å². The fourth-order valence-electron chi connectivity index (χ4n) is 2.47. The van der Waals surface area contributed by atoms with Gasteiger partial charge >= 0.3 is 0 Å². The Labute approximate surface area is 139 Å². The fraction of sp³-hybridized carbons (Fsp3) is 0.235. The van der Waals surface area contributed by atoms with E-state index >= 15 is 0 Å². The number of nitrogens with one attached hydrogen (secondary N) is 1. The van der Waals surface area contributed by atoms with E-state index in [1.807, 2.05) is 50.5 Å². The van der Waals surface area contributed by atoms with E-state index in [0.29, 0.717) is 18.8 Å². The van der Waals surface area contributed by atoms with Crippen molar-refractivity contribution in [3.05, 3.63) is 69.9 Å². The molecule has 7 nitrogen and oxygen atoms in total. The van der Waals surface area contributed by atoms with Crippen molar-refractivity contribution in [2.24, 2.45) is 7.05 Å². The Kier molecular flexibility index (Phi) is 4.43. The molecular formula is C17H19N5O2. The third-order valence-corrected chi connectivity index (χ3v) is 3.94. The molecule has 2 N–H and O–H groups in total. The third-order valence-electron chi connectivity index (χ3n) is 3.94. The molecule has 0 radical (unpaired) electrons. The number of hydrogen-bond acceptors (Lipinski definition) is 5. The maximum absolute atomic E-state index is 11.7. The van der Waals surface area contributed by atoms with Crippen LogP contribution in [0.25, 0.3) is 5.69 Å². The summed E-state index contributed by atoms with van der Waals surface area (Å²) in [5.74, 6) is -0.219. The SMILES string of the molecule is Cc1cc(=O)c(O)c(CNCc2cn(-c3ccccc3)nn2)n1C. The van der Waals surface area contributed by atoms with Gasteiger partial charge in [0.15, 0.2) is 5.75 Å². The molecule has 0 bridgehead atoms. The van der Waals surface area contributed by atoms with Gasteiger partial charge in [-0.2, -0.15) is 0 Å². The highest BCUT2D eigenvalue weighted by atomic mass is 16.3. The lowest BCUT2D eigenvalue weighted by Gasteiger charge is -2.13. The van der Waals surface area contributed by atoms with Crippen LogP contribution in [0.15, 0.2) is 47.4 Å². The molecule has 0 aliphatic carbocycles. The second-order valence-corrected chi connectivity index (χ2v) is 5.60. The minimum atomic E-state index is -0.363. The molecule has 2 aromatic heterocycles.